The molecule has 0 bridgehead atoms. The zero-order valence-corrected chi connectivity index (χ0v) is 21.2. The third kappa shape index (κ3) is 3.90. The summed E-state index contributed by atoms with van der Waals surface area (Å²) in [6.07, 6.45) is 2.47. The number of fused-ring (bicyclic) bond motifs is 1. The van der Waals surface area contributed by atoms with Crippen molar-refractivity contribution >= 4 is 46.9 Å². The van der Waals surface area contributed by atoms with E-state index in [0.29, 0.717) is 16.3 Å². The average molecular weight is 480 g/mol. The first-order valence-electron chi connectivity index (χ1n) is 11.5. The number of barbiturate groups is 1. The third-order valence-electron chi connectivity index (χ3n) is 7.04. The molecule has 4 rings (SSSR count). The molecular weight excluding hydrogens is 450 g/mol. The molecule has 34 heavy (non-hydrogen) atoms. The van der Waals surface area contributed by atoms with Crippen molar-refractivity contribution < 1.29 is 14.4 Å². The normalized spacial score (nSPS) is 21.1. The van der Waals surface area contributed by atoms with Crippen LogP contribution >= 0.6 is 11.6 Å². The molecule has 6 nitrogen and oxygen atoms in total. The number of imide groups is 2. The van der Waals surface area contributed by atoms with Gasteiger partial charge in [0, 0.05) is 22.8 Å². The molecule has 1 unspecified atom stereocenters. The van der Waals surface area contributed by atoms with Crippen LogP contribution in [0.3, 0.4) is 0 Å². The summed E-state index contributed by atoms with van der Waals surface area (Å²) in [7, 11) is 0. The van der Waals surface area contributed by atoms with Gasteiger partial charge in [0.2, 0.25) is 0 Å². The van der Waals surface area contributed by atoms with Gasteiger partial charge in [-0.1, -0.05) is 30.7 Å². The van der Waals surface area contributed by atoms with E-state index < -0.39 is 17.8 Å². The summed E-state index contributed by atoms with van der Waals surface area (Å²) in [6.45, 7) is 13.3. The molecule has 0 saturated carbocycles. The van der Waals surface area contributed by atoms with Crippen molar-refractivity contribution in [2.24, 2.45) is 0 Å². The molecule has 2 aliphatic rings. The van der Waals surface area contributed by atoms with E-state index in [2.05, 4.69) is 37.9 Å². The fourth-order valence-corrected chi connectivity index (χ4v) is 5.45. The lowest BCUT2D eigenvalue weighted by Crippen LogP contribution is -2.54. The van der Waals surface area contributed by atoms with Crippen LogP contribution in [-0.4, -0.2) is 29.9 Å². The number of rotatable bonds is 3. The van der Waals surface area contributed by atoms with E-state index in [9.17, 15) is 14.4 Å². The molecule has 1 N–H and O–H groups in total. The Kier molecular flexibility index (Phi) is 6.06. The van der Waals surface area contributed by atoms with E-state index in [4.69, 9.17) is 11.6 Å². The summed E-state index contributed by atoms with van der Waals surface area (Å²) in [5.41, 5.74) is 4.84. The van der Waals surface area contributed by atoms with Crippen molar-refractivity contribution in [3.63, 3.8) is 0 Å². The van der Waals surface area contributed by atoms with Gasteiger partial charge in [-0.05, 0) is 93.5 Å². The van der Waals surface area contributed by atoms with Crippen LogP contribution in [0.25, 0.3) is 6.08 Å². The summed E-state index contributed by atoms with van der Waals surface area (Å²) in [5.74, 6) is -1.11. The molecule has 1 saturated heterocycles. The lowest BCUT2D eigenvalue weighted by atomic mass is 9.79. The molecule has 2 heterocycles. The number of halogens is 1. The highest BCUT2D eigenvalue weighted by molar-refractivity contribution is 6.40. The van der Waals surface area contributed by atoms with Crippen LogP contribution in [-0.2, 0) is 9.59 Å². The molecule has 2 aromatic carbocycles. The molecule has 0 aromatic heterocycles. The van der Waals surface area contributed by atoms with Gasteiger partial charge in [0.25, 0.3) is 11.8 Å². The first-order valence-corrected chi connectivity index (χ1v) is 11.9. The summed E-state index contributed by atoms with van der Waals surface area (Å²) in [6, 6.07) is 8.51. The average Bonchev–Trinajstić information content (AvgIpc) is 2.74. The van der Waals surface area contributed by atoms with Gasteiger partial charge in [0.05, 0.1) is 5.69 Å². The quantitative estimate of drug-likeness (QED) is 0.450. The predicted octanol–water partition coefficient (Wildman–Crippen LogP) is 5.74. The smallest absolute Gasteiger partial charge is 0.335 e. The lowest BCUT2D eigenvalue weighted by Gasteiger charge is -2.47. The number of carbonyl (C=O) groups is 3. The van der Waals surface area contributed by atoms with Gasteiger partial charge in [-0.2, -0.15) is 0 Å². The number of anilines is 2. The first kappa shape index (κ1) is 24.0. The highest BCUT2D eigenvalue weighted by Gasteiger charge is 2.39. The molecule has 7 heteroatoms. The minimum atomic E-state index is -0.758. The van der Waals surface area contributed by atoms with Gasteiger partial charge < -0.3 is 4.90 Å². The van der Waals surface area contributed by atoms with Crippen LogP contribution in [0.1, 0.15) is 62.3 Å². The number of benzene rings is 2. The Morgan fingerprint density at radius 3 is 2.53 bits per heavy atom. The number of carbonyl (C=O) groups excluding carboxylic acids is 3. The van der Waals surface area contributed by atoms with Gasteiger partial charge in [-0.15, -0.1) is 0 Å². The summed E-state index contributed by atoms with van der Waals surface area (Å²) < 4.78 is 0. The molecule has 2 aromatic rings. The Balaban J connectivity index is 1.80. The van der Waals surface area contributed by atoms with Crippen molar-refractivity contribution in [1.29, 1.82) is 0 Å². The largest absolute Gasteiger partial charge is 0.366 e. The van der Waals surface area contributed by atoms with Gasteiger partial charge >= 0.3 is 6.03 Å². The van der Waals surface area contributed by atoms with E-state index >= 15 is 0 Å². The monoisotopic (exact) mass is 479 g/mol. The minimum Gasteiger partial charge on any atom is -0.366 e. The first-order chi connectivity index (χ1) is 16.0. The second kappa shape index (κ2) is 8.58. The van der Waals surface area contributed by atoms with E-state index in [1.165, 1.54) is 6.08 Å². The molecule has 4 amide bonds. The molecule has 1 fully saturated rings. The fourth-order valence-electron chi connectivity index (χ4n) is 5.24. The molecule has 1 atom stereocenters. The SMILES string of the molecule is CCN1c2cc(Cl)c(/C=C3/C(=O)NC(=O)N(c4cccc(C)c4C)C3=O)cc2C(C)CC1(C)C. The standard InChI is InChI=1S/C27H30ClN3O3/c1-7-30-23-13-21(28)18(11-19(23)16(3)14-27(30,5)6)12-20-24(32)29-26(34)31(25(20)33)22-10-8-9-15(2)17(22)4/h8-13,16H,7,14H2,1-6H3,(H,29,32,34)/b20-12-. The van der Waals surface area contributed by atoms with Crippen molar-refractivity contribution in [2.45, 2.75) is 59.4 Å². The Hall–Kier alpha value is -3.12. The van der Waals surface area contributed by atoms with Crippen LogP contribution in [0.15, 0.2) is 35.9 Å². The number of amides is 4. The van der Waals surface area contributed by atoms with E-state index in [1.807, 2.05) is 32.0 Å². The fraction of sp³-hybridized carbons (Fsp3) is 0.370. The second-order valence-electron chi connectivity index (χ2n) is 9.77. The third-order valence-corrected chi connectivity index (χ3v) is 7.37. The Bertz CT molecular complexity index is 1250. The van der Waals surface area contributed by atoms with Crippen LogP contribution in [0.2, 0.25) is 5.02 Å². The van der Waals surface area contributed by atoms with Gasteiger partial charge in [-0.25, -0.2) is 9.69 Å². The van der Waals surface area contributed by atoms with Crippen molar-refractivity contribution in [3.05, 3.63) is 63.2 Å². The Morgan fingerprint density at radius 2 is 1.85 bits per heavy atom. The zero-order valence-electron chi connectivity index (χ0n) is 20.5. The van der Waals surface area contributed by atoms with Gasteiger partial charge in [0.15, 0.2) is 0 Å². The Labute approximate surface area is 205 Å². The van der Waals surface area contributed by atoms with Crippen molar-refractivity contribution in [1.82, 2.24) is 5.32 Å². The van der Waals surface area contributed by atoms with Crippen LogP contribution in [0.4, 0.5) is 16.2 Å². The predicted molar refractivity (Wildman–Crippen MR) is 137 cm³/mol. The lowest BCUT2D eigenvalue weighted by molar-refractivity contribution is -0.122. The maximum Gasteiger partial charge on any atom is 0.335 e. The van der Waals surface area contributed by atoms with Gasteiger partial charge in [0.1, 0.15) is 5.57 Å². The highest BCUT2D eigenvalue weighted by Crippen LogP contribution is 2.45. The molecule has 0 spiro atoms. The van der Waals surface area contributed by atoms with E-state index in [0.717, 1.165) is 40.2 Å². The number of nitrogens with zero attached hydrogens (tertiary/aromatic N) is 2. The molecular formula is C27H30ClN3O3. The number of urea groups is 1. The Morgan fingerprint density at radius 1 is 1.15 bits per heavy atom. The zero-order chi connectivity index (χ0) is 24.9. The van der Waals surface area contributed by atoms with Crippen molar-refractivity contribution in [2.75, 3.05) is 16.3 Å². The number of hydrogen-bond donors (Lipinski definition) is 1. The maximum absolute atomic E-state index is 13.4. The van der Waals surface area contributed by atoms with E-state index in [-0.39, 0.29) is 17.0 Å². The number of hydrogen-bond acceptors (Lipinski definition) is 4. The molecule has 2 aliphatic heterocycles. The van der Waals surface area contributed by atoms with Crippen LogP contribution < -0.4 is 15.1 Å². The number of nitrogens with one attached hydrogen (secondary N) is 1. The summed E-state index contributed by atoms with van der Waals surface area (Å²) >= 11 is 6.67. The molecule has 0 radical (unpaired) electrons. The van der Waals surface area contributed by atoms with Crippen LogP contribution in [0.5, 0.6) is 0 Å². The maximum atomic E-state index is 13.4. The minimum absolute atomic E-state index is 0.00373. The molecule has 0 aliphatic carbocycles. The summed E-state index contributed by atoms with van der Waals surface area (Å²) in [5, 5.41) is 2.75. The van der Waals surface area contributed by atoms with Crippen LogP contribution in [0, 0.1) is 13.8 Å². The molecule has 178 valence electrons. The van der Waals surface area contributed by atoms with Crippen molar-refractivity contribution in [3.8, 4) is 0 Å². The number of aryl methyl sites for hydroxylation is 1. The topological polar surface area (TPSA) is 69.7 Å². The van der Waals surface area contributed by atoms with Gasteiger partial charge in [-0.3, -0.25) is 14.9 Å². The summed E-state index contributed by atoms with van der Waals surface area (Å²) in [4.78, 5) is 42.1. The van der Waals surface area contributed by atoms with E-state index in [1.54, 1.807) is 12.1 Å². The highest BCUT2D eigenvalue weighted by atomic mass is 35.5. The second-order valence-corrected chi connectivity index (χ2v) is 10.2.